The van der Waals surface area contributed by atoms with Gasteiger partial charge in [-0.3, -0.25) is 0 Å². The van der Waals surface area contributed by atoms with Gasteiger partial charge in [-0.15, -0.1) is 0 Å². The van der Waals surface area contributed by atoms with Gasteiger partial charge in [-0.1, -0.05) is 99.9 Å². The molecule has 2 aromatic rings. The molecule has 172 valence electrons. The lowest BCUT2D eigenvalue weighted by Gasteiger charge is -2.35. The molecular weight excluding hydrogens is 424 g/mol. The minimum Gasteiger partial charge on any atom is -0.320 e. The molecule has 0 radical (unpaired) electrons. The molecule has 32 heavy (non-hydrogen) atoms. The van der Waals surface area contributed by atoms with E-state index in [1.165, 1.54) is 35.4 Å². The molecule has 2 aromatic carbocycles. The predicted octanol–water partition coefficient (Wildman–Crippen LogP) is 6.95. The summed E-state index contributed by atoms with van der Waals surface area (Å²) in [6.45, 7) is 16.0. The fraction of sp³-hybridized carbons (Fsp3) is 0.462. The fourth-order valence-electron chi connectivity index (χ4n) is 3.74. The summed E-state index contributed by atoms with van der Waals surface area (Å²) < 4.78 is 4.77. The van der Waals surface area contributed by atoms with E-state index in [1.807, 2.05) is 0 Å². The van der Waals surface area contributed by atoms with Gasteiger partial charge in [-0.2, -0.15) is 10.2 Å². The number of hydrogen-bond donors (Lipinski definition) is 0. The molecule has 0 saturated heterocycles. The zero-order valence-electron chi connectivity index (χ0n) is 20.8. The van der Waals surface area contributed by atoms with Crippen LogP contribution in [0, 0.1) is 0 Å². The second-order valence-corrected chi connectivity index (χ2v) is 20.4. The molecule has 3 rings (SSSR count). The zero-order chi connectivity index (χ0) is 23.2. The first-order chi connectivity index (χ1) is 15.1. The van der Waals surface area contributed by atoms with Crippen molar-refractivity contribution in [2.24, 2.45) is 10.2 Å². The Hall–Kier alpha value is -2.19. The quantitative estimate of drug-likeness (QED) is 0.313. The van der Waals surface area contributed by atoms with Crippen molar-refractivity contribution >= 4 is 27.9 Å². The van der Waals surface area contributed by atoms with Gasteiger partial charge in [0, 0.05) is 0 Å². The van der Waals surface area contributed by atoms with Gasteiger partial charge in [-0.05, 0) is 36.8 Å². The third kappa shape index (κ3) is 7.17. The van der Waals surface area contributed by atoms with Crippen molar-refractivity contribution in [3.8, 4) is 0 Å². The van der Waals surface area contributed by atoms with Gasteiger partial charge in [0.15, 0.2) is 16.5 Å². The summed E-state index contributed by atoms with van der Waals surface area (Å²) in [4.78, 5) is 0. The maximum absolute atomic E-state index is 5.30. The number of hydrogen-bond acceptors (Lipinski definition) is 4. The second kappa shape index (κ2) is 10.6. The van der Waals surface area contributed by atoms with Crippen LogP contribution in [0.5, 0.6) is 0 Å². The summed E-state index contributed by atoms with van der Waals surface area (Å²) in [5.74, 6) is 0. The van der Waals surface area contributed by atoms with E-state index < -0.39 is 16.5 Å². The van der Waals surface area contributed by atoms with E-state index >= 15 is 0 Å². The molecule has 0 unspecified atom stereocenters. The molecule has 1 fully saturated rings. The second-order valence-electron chi connectivity index (χ2n) is 10.7. The van der Waals surface area contributed by atoms with E-state index in [1.54, 1.807) is 0 Å². The van der Waals surface area contributed by atoms with Gasteiger partial charge in [0.25, 0.3) is 0 Å². The molecule has 0 aliphatic heterocycles. The average Bonchev–Trinajstić information content (AvgIpc) is 2.74. The Morgan fingerprint density at radius 1 is 0.594 bits per heavy atom. The first kappa shape index (κ1) is 24.5. The average molecular weight is 465 g/mol. The normalized spacial score (nSPS) is 17.6. The van der Waals surface area contributed by atoms with Gasteiger partial charge < -0.3 is 9.35 Å². The van der Waals surface area contributed by atoms with Crippen molar-refractivity contribution in [3.63, 3.8) is 0 Å². The summed E-state index contributed by atoms with van der Waals surface area (Å²) in [6.07, 6.45) is 4.46. The van der Waals surface area contributed by atoms with E-state index in [0.717, 1.165) is 25.9 Å². The molecular formula is C26H40N4Si2. The molecule has 0 aromatic heterocycles. The van der Waals surface area contributed by atoms with Crippen molar-refractivity contribution in [1.29, 1.82) is 0 Å². The van der Waals surface area contributed by atoms with Crippen LogP contribution >= 0.6 is 0 Å². The SMILES string of the molecule is C[Si](C)(C)N(Cc1ccccc1)N=C1CCCCC1=NN(Cc1ccccc1)[Si](C)(C)C. The minimum atomic E-state index is -1.63. The number of hydrazone groups is 2. The lowest BCUT2D eigenvalue weighted by molar-refractivity contribution is 0.435. The Labute approximate surface area is 197 Å². The molecule has 1 saturated carbocycles. The summed E-state index contributed by atoms with van der Waals surface area (Å²) in [5, 5.41) is 10.6. The monoisotopic (exact) mass is 464 g/mol. The van der Waals surface area contributed by atoms with Crippen LogP contribution in [-0.4, -0.2) is 37.2 Å². The lowest BCUT2D eigenvalue weighted by atomic mass is 9.96. The van der Waals surface area contributed by atoms with E-state index in [2.05, 4.69) is 109 Å². The highest BCUT2D eigenvalue weighted by atomic mass is 28.3. The first-order valence-corrected chi connectivity index (χ1v) is 18.8. The van der Waals surface area contributed by atoms with Crippen LogP contribution in [0.15, 0.2) is 70.9 Å². The van der Waals surface area contributed by atoms with Crippen molar-refractivity contribution in [3.05, 3.63) is 71.8 Å². The molecule has 4 nitrogen and oxygen atoms in total. The van der Waals surface area contributed by atoms with Crippen LogP contribution in [0.1, 0.15) is 36.8 Å². The minimum absolute atomic E-state index is 0.870. The number of nitrogens with zero attached hydrogens (tertiary/aromatic N) is 4. The summed E-state index contributed by atoms with van der Waals surface area (Å²) in [6, 6.07) is 21.5. The van der Waals surface area contributed by atoms with Crippen molar-refractivity contribution in [2.45, 2.75) is 78.1 Å². The smallest absolute Gasteiger partial charge is 0.169 e. The number of rotatable bonds is 8. The number of benzene rings is 2. The Bertz CT molecular complexity index is 835. The van der Waals surface area contributed by atoms with Gasteiger partial charge in [0.2, 0.25) is 0 Å². The molecule has 0 heterocycles. The lowest BCUT2D eigenvalue weighted by Crippen LogP contribution is -2.45. The molecule has 0 bridgehead atoms. The van der Waals surface area contributed by atoms with Crippen molar-refractivity contribution in [2.75, 3.05) is 0 Å². The van der Waals surface area contributed by atoms with E-state index in [4.69, 9.17) is 10.2 Å². The standard InChI is InChI=1S/C26H40N4Si2/c1-31(2,3)29(21-23-15-9-7-10-16-23)27-25-19-13-14-20-26(25)28-30(32(4,5)6)22-24-17-11-8-12-18-24/h7-12,15-18H,13-14,19-22H2,1-6H3. The Balaban J connectivity index is 1.92. The zero-order valence-corrected chi connectivity index (χ0v) is 22.8. The van der Waals surface area contributed by atoms with Gasteiger partial charge in [0.05, 0.1) is 24.5 Å². The molecule has 1 aliphatic rings. The van der Waals surface area contributed by atoms with Gasteiger partial charge in [-0.25, -0.2) is 0 Å². The van der Waals surface area contributed by atoms with Crippen LogP contribution in [0.3, 0.4) is 0 Å². The highest BCUT2D eigenvalue weighted by Gasteiger charge is 2.28. The van der Waals surface area contributed by atoms with E-state index in [0.29, 0.717) is 0 Å². The Morgan fingerprint density at radius 3 is 1.25 bits per heavy atom. The van der Waals surface area contributed by atoms with Crippen LogP contribution in [0.25, 0.3) is 0 Å². The Kier molecular flexibility index (Phi) is 8.12. The summed E-state index contributed by atoms with van der Waals surface area (Å²) in [7, 11) is -3.27. The Morgan fingerprint density at radius 2 is 0.938 bits per heavy atom. The van der Waals surface area contributed by atoms with Crippen molar-refractivity contribution < 1.29 is 0 Å². The molecule has 0 atom stereocenters. The highest BCUT2D eigenvalue weighted by molar-refractivity contribution is 6.73. The topological polar surface area (TPSA) is 31.2 Å². The largest absolute Gasteiger partial charge is 0.320 e. The summed E-state index contributed by atoms with van der Waals surface area (Å²) >= 11 is 0. The maximum Gasteiger partial charge on any atom is 0.169 e. The predicted molar refractivity (Wildman–Crippen MR) is 144 cm³/mol. The van der Waals surface area contributed by atoms with Crippen LogP contribution in [-0.2, 0) is 13.1 Å². The van der Waals surface area contributed by atoms with Crippen LogP contribution in [0.2, 0.25) is 39.3 Å². The van der Waals surface area contributed by atoms with Crippen LogP contribution < -0.4 is 0 Å². The maximum atomic E-state index is 5.30. The molecule has 1 aliphatic carbocycles. The molecule has 0 N–H and O–H groups in total. The molecule has 0 amide bonds. The highest BCUT2D eigenvalue weighted by Crippen LogP contribution is 2.22. The summed E-state index contributed by atoms with van der Waals surface area (Å²) in [5.41, 5.74) is 5.04. The van der Waals surface area contributed by atoms with Gasteiger partial charge in [0.1, 0.15) is 0 Å². The third-order valence-electron chi connectivity index (χ3n) is 5.79. The van der Waals surface area contributed by atoms with Crippen LogP contribution in [0.4, 0.5) is 0 Å². The molecule has 0 spiro atoms. The van der Waals surface area contributed by atoms with Crippen molar-refractivity contribution in [1.82, 2.24) is 9.35 Å². The third-order valence-corrected chi connectivity index (χ3v) is 9.41. The van der Waals surface area contributed by atoms with E-state index in [-0.39, 0.29) is 0 Å². The first-order valence-electron chi connectivity index (χ1n) is 11.9. The van der Waals surface area contributed by atoms with E-state index in [9.17, 15) is 0 Å². The molecule has 6 heteroatoms. The fourth-order valence-corrected chi connectivity index (χ4v) is 5.89. The van der Waals surface area contributed by atoms with Gasteiger partial charge >= 0.3 is 0 Å².